The van der Waals surface area contributed by atoms with Gasteiger partial charge in [-0.1, -0.05) is 13.3 Å². The number of carbonyl (C=O) groups is 2. The maximum atomic E-state index is 13.6. The molecule has 0 heterocycles. The van der Waals surface area contributed by atoms with Gasteiger partial charge in [-0.25, -0.2) is 9.18 Å². The Morgan fingerprint density at radius 2 is 2.00 bits per heavy atom. The van der Waals surface area contributed by atoms with Gasteiger partial charge in [0.15, 0.2) is 0 Å². The first-order chi connectivity index (χ1) is 10.1. The van der Waals surface area contributed by atoms with E-state index in [1.165, 1.54) is 12.1 Å². The summed E-state index contributed by atoms with van der Waals surface area (Å²) < 4.78 is 19.0. The molecule has 21 heavy (non-hydrogen) atoms. The van der Waals surface area contributed by atoms with Crippen molar-refractivity contribution in [1.29, 1.82) is 0 Å². The van der Waals surface area contributed by atoms with Crippen LogP contribution in [0.3, 0.4) is 0 Å². The molecule has 0 aromatic heterocycles. The Kier molecular flexibility index (Phi) is 7.39. The molecule has 116 valence electrons. The van der Waals surface area contributed by atoms with E-state index in [-0.39, 0.29) is 11.1 Å². The SMILES string of the molecule is CCCCOCCCNC(=O)c1ccc(C(=O)O)cc1F. The summed E-state index contributed by atoms with van der Waals surface area (Å²) in [6, 6.07) is 3.21. The fourth-order valence-corrected chi connectivity index (χ4v) is 1.65. The number of nitrogens with one attached hydrogen (secondary N) is 1. The first kappa shape index (κ1) is 17.1. The first-order valence-corrected chi connectivity index (χ1v) is 6.95. The highest BCUT2D eigenvalue weighted by molar-refractivity contribution is 5.96. The van der Waals surface area contributed by atoms with Crippen molar-refractivity contribution in [1.82, 2.24) is 5.32 Å². The molecule has 1 aromatic carbocycles. The summed E-state index contributed by atoms with van der Waals surface area (Å²) in [7, 11) is 0. The Bertz CT molecular complexity index is 491. The zero-order valence-corrected chi connectivity index (χ0v) is 12.0. The van der Waals surface area contributed by atoms with Gasteiger partial charge in [-0.05, 0) is 31.0 Å². The van der Waals surface area contributed by atoms with Crippen molar-refractivity contribution in [2.24, 2.45) is 0 Å². The van der Waals surface area contributed by atoms with E-state index >= 15 is 0 Å². The molecule has 0 bridgehead atoms. The largest absolute Gasteiger partial charge is 0.478 e. The van der Waals surface area contributed by atoms with Crippen LogP contribution in [-0.4, -0.2) is 36.7 Å². The van der Waals surface area contributed by atoms with E-state index in [1.54, 1.807) is 0 Å². The van der Waals surface area contributed by atoms with Gasteiger partial charge >= 0.3 is 5.97 Å². The van der Waals surface area contributed by atoms with Gasteiger partial charge in [0.1, 0.15) is 5.82 Å². The molecular weight excluding hydrogens is 277 g/mol. The summed E-state index contributed by atoms with van der Waals surface area (Å²) in [5.41, 5.74) is -0.347. The van der Waals surface area contributed by atoms with Crippen LogP contribution in [0.4, 0.5) is 4.39 Å². The van der Waals surface area contributed by atoms with Crippen LogP contribution in [0.2, 0.25) is 0 Å². The fourth-order valence-electron chi connectivity index (χ4n) is 1.65. The van der Waals surface area contributed by atoms with Crippen molar-refractivity contribution in [3.05, 3.63) is 35.1 Å². The Balaban J connectivity index is 2.37. The van der Waals surface area contributed by atoms with Gasteiger partial charge in [0, 0.05) is 19.8 Å². The molecule has 0 aliphatic carbocycles. The predicted octanol–water partition coefficient (Wildman–Crippen LogP) is 2.46. The Labute approximate surface area is 123 Å². The molecule has 0 unspecified atom stereocenters. The van der Waals surface area contributed by atoms with Crippen LogP contribution in [0.15, 0.2) is 18.2 Å². The van der Waals surface area contributed by atoms with Crippen molar-refractivity contribution in [2.45, 2.75) is 26.2 Å². The van der Waals surface area contributed by atoms with E-state index in [1.807, 2.05) is 0 Å². The zero-order chi connectivity index (χ0) is 15.7. The maximum absolute atomic E-state index is 13.6. The normalized spacial score (nSPS) is 10.4. The highest BCUT2D eigenvalue weighted by Gasteiger charge is 2.13. The smallest absolute Gasteiger partial charge is 0.335 e. The minimum atomic E-state index is -1.23. The molecule has 0 fully saturated rings. The zero-order valence-electron chi connectivity index (χ0n) is 12.0. The van der Waals surface area contributed by atoms with Gasteiger partial charge in [0.2, 0.25) is 0 Å². The average molecular weight is 297 g/mol. The van der Waals surface area contributed by atoms with E-state index < -0.39 is 17.7 Å². The lowest BCUT2D eigenvalue weighted by Gasteiger charge is -2.07. The van der Waals surface area contributed by atoms with E-state index in [4.69, 9.17) is 9.84 Å². The van der Waals surface area contributed by atoms with E-state index in [0.717, 1.165) is 18.9 Å². The number of halogens is 1. The molecule has 0 radical (unpaired) electrons. The van der Waals surface area contributed by atoms with Crippen LogP contribution in [0.25, 0.3) is 0 Å². The summed E-state index contributed by atoms with van der Waals surface area (Å²) in [5, 5.41) is 11.3. The van der Waals surface area contributed by atoms with Gasteiger partial charge in [-0.3, -0.25) is 4.79 Å². The molecule has 1 aromatic rings. The summed E-state index contributed by atoms with van der Waals surface area (Å²) in [6.45, 7) is 3.70. The molecule has 2 N–H and O–H groups in total. The van der Waals surface area contributed by atoms with Crippen LogP contribution in [0.1, 0.15) is 46.9 Å². The van der Waals surface area contributed by atoms with E-state index in [2.05, 4.69) is 12.2 Å². The minimum absolute atomic E-state index is 0.160. The molecule has 6 heteroatoms. The third-order valence-corrected chi connectivity index (χ3v) is 2.85. The number of unbranched alkanes of at least 4 members (excludes halogenated alkanes) is 1. The Hall–Kier alpha value is -1.95. The molecule has 0 saturated heterocycles. The third kappa shape index (κ3) is 5.91. The number of ether oxygens (including phenoxy) is 1. The van der Waals surface area contributed by atoms with Gasteiger partial charge in [0.05, 0.1) is 11.1 Å². The van der Waals surface area contributed by atoms with Crippen molar-refractivity contribution < 1.29 is 23.8 Å². The number of amides is 1. The van der Waals surface area contributed by atoms with Crippen molar-refractivity contribution in [3.8, 4) is 0 Å². The summed E-state index contributed by atoms with van der Waals surface area (Å²) in [4.78, 5) is 22.4. The monoisotopic (exact) mass is 297 g/mol. The molecule has 0 saturated carbocycles. The minimum Gasteiger partial charge on any atom is -0.478 e. The van der Waals surface area contributed by atoms with Gasteiger partial charge < -0.3 is 15.2 Å². The van der Waals surface area contributed by atoms with Crippen LogP contribution in [0.5, 0.6) is 0 Å². The fraction of sp³-hybridized carbons (Fsp3) is 0.467. The number of carboxylic acids is 1. The first-order valence-electron chi connectivity index (χ1n) is 6.95. The van der Waals surface area contributed by atoms with Gasteiger partial charge in [-0.15, -0.1) is 0 Å². The van der Waals surface area contributed by atoms with E-state index in [0.29, 0.717) is 26.2 Å². The lowest BCUT2D eigenvalue weighted by Crippen LogP contribution is -2.26. The van der Waals surface area contributed by atoms with Crippen LogP contribution < -0.4 is 5.32 Å². The molecular formula is C15H20FNO4. The van der Waals surface area contributed by atoms with Crippen molar-refractivity contribution >= 4 is 11.9 Å². The molecule has 5 nitrogen and oxygen atoms in total. The van der Waals surface area contributed by atoms with Crippen molar-refractivity contribution in [3.63, 3.8) is 0 Å². The Morgan fingerprint density at radius 3 is 2.62 bits per heavy atom. The standard InChI is InChI=1S/C15H20FNO4/c1-2-3-8-21-9-4-7-17-14(18)12-6-5-11(15(19)20)10-13(12)16/h5-6,10H,2-4,7-9H2,1H3,(H,17,18)(H,19,20). The predicted molar refractivity (Wildman–Crippen MR) is 76.0 cm³/mol. The number of carboxylic acid groups (broad SMARTS) is 1. The van der Waals surface area contributed by atoms with Gasteiger partial charge in [-0.2, -0.15) is 0 Å². The van der Waals surface area contributed by atoms with Crippen LogP contribution in [-0.2, 0) is 4.74 Å². The number of rotatable bonds is 9. The molecule has 0 aliphatic rings. The molecule has 0 atom stereocenters. The molecule has 1 amide bonds. The number of benzene rings is 1. The topological polar surface area (TPSA) is 75.6 Å². The lowest BCUT2D eigenvalue weighted by atomic mass is 10.1. The average Bonchev–Trinajstić information content (AvgIpc) is 2.45. The molecule has 0 spiro atoms. The molecule has 1 rings (SSSR count). The van der Waals surface area contributed by atoms with Gasteiger partial charge in [0.25, 0.3) is 5.91 Å². The second-order valence-electron chi connectivity index (χ2n) is 4.58. The number of carbonyl (C=O) groups excluding carboxylic acids is 1. The van der Waals surface area contributed by atoms with E-state index in [9.17, 15) is 14.0 Å². The Morgan fingerprint density at radius 1 is 1.29 bits per heavy atom. The summed E-state index contributed by atoms with van der Waals surface area (Å²) in [6.07, 6.45) is 2.72. The highest BCUT2D eigenvalue weighted by Crippen LogP contribution is 2.10. The van der Waals surface area contributed by atoms with Crippen LogP contribution >= 0.6 is 0 Å². The lowest BCUT2D eigenvalue weighted by molar-refractivity contribution is 0.0695. The third-order valence-electron chi connectivity index (χ3n) is 2.85. The summed E-state index contributed by atoms with van der Waals surface area (Å²) >= 11 is 0. The second kappa shape index (κ2) is 9.07. The maximum Gasteiger partial charge on any atom is 0.335 e. The summed E-state index contributed by atoms with van der Waals surface area (Å²) in [5.74, 6) is -2.63. The number of hydrogen-bond acceptors (Lipinski definition) is 3. The highest BCUT2D eigenvalue weighted by atomic mass is 19.1. The number of aromatic carboxylic acids is 1. The quantitative estimate of drug-likeness (QED) is 0.687. The number of hydrogen-bond donors (Lipinski definition) is 2. The van der Waals surface area contributed by atoms with Crippen LogP contribution in [0, 0.1) is 5.82 Å². The van der Waals surface area contributed by atoms with Crippen molar-refractivity contribution in [2.75, 3.05) is 19.8 Å². The second-order valence-corrected chi connectivity index (χ2v) is 4.58. The molecule has 0 aliphatic heterocycles.